The summed E-state index contributed by atoms with van der Waals surface area (Å²) in [6.45, 7) is 1.35. The second-order valence-corrected chi connectivity index (χ2v) is 8.12. The molecule has 0 aliphatic heterocycles. The molecule has 2 rings (SSSR count). The number of nitrogens with two attached hydrogens (primary N) is 2. The maximum absolute atomic E-state index is 13.0. The third kappa shape index (κ3) is 8.72. The van der Waals surface area contributed by atoms with E-state index in [9.17, 15) is 34.2 Å². The van der Waals surface area contributed by atoms with Gasteiger partial charge in [-0.2, -0.15) is 0 Å². The van der Waals surface area contributed by atoms with Crippen molar-refractivity contribution < 1.29 is 34.2 Å². The third-order valence-corrected chi connectivity index (χ3v) is 5.11. The van der Waals surface area contributed by atoms with Gasteiger partial charge in [0.05, 0.1) is 18.8 Å². The molecule has 14 heteroatoms. The van der Waals surface area contributed by atoms with Crippen molar-refractivity contribution in [1.29, 1.82) is 0 Å². The summed E-state index contributed by atoms with van der Waals surface area (Å²) in [5.74, 6) is -4.42. The van der Waals surface area contributed by atoms with Crippen LogP contribution in [0.5, 0.6) is 5.75 Å². The molecule has 14 nitrogen and oxygen atoms in total. The molecule has 0 bridgehead atoms. The number of carboxylic acids is 1. The smallest absolute Gasteiger partial charge is 0.326 e. The summed E-state index contributed by atoms with van der Waals surface area (Å²) >= 11 is 0. The van der Waals surface area contributed by atoms with E-state index in [-0.39, 0.29) is 18.6 Å². The van der Waals surface area contributed by atoms with Gasteiger partial charge in [0, 0.05) is 24.7 Å². The average molecular weight is 504 g/mol. The van der Waals surface area contributed by atoms with Gasteiger partial charge in [0.15, 0.2) is 0 Å². The van der Waals surface area contributed by atoms with E-state index in [0.29, 0.717) is 11.3 Å². The van der Waals surface area contributed by atoms with E-state index in [1.54, 1.807) is 0 Å². The molecule has 0 aliphatic carbocycles. The molecule has 4 amide bonds. The fourth-order valence-corrected chi connectivity index (χ4v) is 3.16. The minimum absolute atomic E-state index is 0.00193. The van der Waals surface area contributed by atoms with Crippen molar-refractivity contribution in [2.24, 2.45) is 11.5 Å². The largest absolute Gasteiger partial charge is 0.508 e. The van der Waals surface area contributed by atoms with Crippen molar-refractivity contribution >= 4 is 29.6 Å². The van der Waals surface area contributed by atoms with E-state index in [2.05, 4.69) is 25.9 Å². The molecule has 0 aliphatic rings. The van der Waals surface area contributed by atoms with Crippen molar-refractivity contribution in [3.63, 3.8) is 0 Å². The van der Waals surface area contributed by atoms with Crippen LogP contribution in [0.25, 0.3) is 0 Å². The summed E-state index contributed by atoms with van der Waals surface area (Å²) in [7, 11) is 0. The number of carboxylic acid groups (broad SMARTS) is 1. The van der Waals surface area contributed by atoms with Crippen molar-refractivity contribution in [2.45, 2.75) is 50.4 Å². The Bertz CT molecular complexity index is 1070. The van der Waals surface area contributed by atoms with E-state index in [4.69, 9.17) is 11.5 Å². The summed E-state index contributed by atoms with van der Waals surface area (Å²) in [6.07, 6.45) is 2.25. The Labute approximate surface area is 205 Å². The first-order valence-corrected chi connectivity index (χ1v) is 10.9. The number of primary amides is 1. The zero-order valence-corrected chi connectivity index (χ0v) is 19.4. The van der Waals surface area contributed by atoms with Crippen LogP contribution in [0, 0.1) is 0 Å². The highest BCUT2D eigenvalue weighted by atomic mass is 16.4. The number of H-pyrrole nitrogens is 1. The van der Waals surface area contributed by atoms with E-state index in [1.807, 2.05) is 0 Å². The van der Waals surface area contributed by atoms with E-state index in [0.717, 1.165) is 0 Å². The fraction of sp³-hybridized carbons (Fsp3) is 0.364. The number of carbonyl (C=O) groups is 5. The molecule has 4 unspecified atom stereocenters. The Balaban J connectivity index is 2.14. The Hall–Kier alpha value is -4.46. The fourth-order valence-electron chi connectivity index (χ4n) is 3.16. The van der Waals surface area contributed by atoms with Crippen molar-refractivity contribution in [3.05, 3.63) is 48.0 Å². The lowest BCUT2D eigenvalue weighted by atomic mass is 10.0. The molecule has 0 spiro atoms. The lowest BCUT2D eigenvalue weighted by Crippen LogP contribution is -2.57. The number of imidazole rings is 1. The molecule has 0 saturated carbocycles. The number of benzene rings is 1. The monoisotopic (exact) mass is 503 g/mol. The quantitative estimate of drug-likeness (QED) is 0.146. The number of rotatable bonds is 13. The van der Waals surface area contributed by atoms with Gasteiger partial charge in [0.2, 0.25) is 23.6 Å². The molecule has 0 radical (unpaired) electrons. The number of nitrogens with zero attached hydrogens (tertiary/aromatic N) is 1. The second kappa shape index (κ2) is 12.9. The van der Waals surface area contributed by atoms with Gasteiger partial charge < -0.3 is 42.6 Å². The maximum atomic E-state index is 13.0. The number of hydrogen-bond acceptors (Lipinski definition) is 8. The Morgan fingerprint density at radius 1 is 0.972 bits per heavy atom. The molecule has 1 heterocycles. The molecule has 2 aromatic rings. The number of aliphatic carboxylic acids is 1. The van der Waals surface area contributed by atoms with Gasteiger partial charge in [-0.1, -0.05) is 12.1 Å². The van der Waals surface area contributed by atoms with Crippen molar-refractivity contribution in [1.82, 2.24) is 25.9 Å². The Morgan fingerprint density at radius 2 is 1.61 bits per heavy atom. The second-order valence-electron chi connectivity index (χ2n) is 8.12. The molecular weight excluding hydrogens is 474 g/mol. The standard InChI is InChI=1S/C22H29N7O7/c1-11(27-20(33)15(23)8-18(24)31)19(32)28-16(6-12-2-4-14(30)5-3-12)21(34)29-17(22(35)36)7-13-9-25-10-26-13/h2-5,9-11,15-17,30H,6-8,23H2,1H3,(H2,24,31)(H,25,26)(H,27,33)(H,28,32)(H,29,34)(H,35,36). The topological polar surface area (TPSA) is 243 Å². The van der Waals surface area contributed by atoms with Gasteiger partial charge in [-0.15, -0.1) is 0 Å². The summed E-state index contributed by atoms with van der Waals surface area (Å²) in [5, 5.41) is 26.3. The lowest BCUT2D eigenvalue weighted by molar-refractivity contribution is -0.142. The number of aromatic amines is 1. The van der Waals surface area contributed by atoms with Gasteiger partial charge in [-0.05, 0) is 24.6 Å². The van der Waals surface area contributed by atoms with Crippen molar-refractivity contribution in [3.8, 4) is 5.75 Å². The molecule has 194 valence electrons. The molecule has 10 N–H and O–H groups in total. The number of nitrogens with one attached hydrogen (secondary N) is 4. The minimum atomic E-state index is -1.32. The highest BCUT2D eigenvalue weighted by Gasteiger charge is 2.29. The maximum Gasteiger partial charge on any atom is 0.326 e. The molecular formula is C22H29N7O7. The third-order valence-electron chi connectivity index (χ3n) is 5.11. The number of amides is 4. The lowest BCUT2D eigenvalue weighted by Gasteiger charge is -2.24. The van der Waals surface area contributed by atoms with Crippen LogP contribution in [0.3, 0.4) is 0 Å². The summed E-state index contributed by atoms with van der Waals surface area (Å²) < 4.78 is 0. The zero-order chi connectivity index (χ0) is 26.8. The van der Waals surface area contributed by atoms with E-state index in [1.165, 1.54) is 43.7 Å². The number of aromatic hydroxyl groups is 1. The SMILES string of the molecule is CC(NC(=O)C(N)CC(N)=O)C(=O)NC(Cc1ccc(O)cc1)C(=O)NC(Cc1cnc[nH]1)C(=O)O. The molecule has 1 aromatic carbocycles. The summed E-state index contributed by atoms with van der Waals surface area (Å²) in [4.78, 5) is 67.2. The first kappa shape index (κ1) is 27.8. The van der Waals surface area contributed by atoms with Crippen molar-refractivity contribution in [2.75, 3.05) is 0 Å². The highest BCUT2D eigenvalue weighted by Crippen LogP contribution is 2.12. The first-order valence-electron chi connectivity index (χ1n) is 10.9. The van der Waals surface area contributed by atoms with Crippen LogP contribution in [-0.4, -0.2) is 73.9 Å². The number of hydrogen-bond donors (Lipinski definition) is 8. The van der Waals surface area contributed by atoms with E-state index >= 15 is 0 Å². The van der Waals surface area contributed by atoms with Gasteiger partial charge in [0.1, 0.15) is 23.9 Å². The Morgan fingerprint density at radius 3 is 2.17 bits per heavy atom. The molecule has 1 aromatic heterocycles. The van der Waals surface area contributed by atoms with Gasteiger partial charge in [-0.25, -0.2) is 9.78 Å². The normalized spacial score (nSPS) is 14.1. The number of phenols is 1. The van der Waals surface area contributed by atoms with E-state index < -0.39 is 60.2 Å². The van der Waals surface area contributed by atoms with Crippen LogP contribution < -0.4 is 27.4 Å². The highest BCUT2D eigenvalue weighted by molar-refractivity contribution is 5.95. The first-order chi connectivity index (χ1) is 17.0. The summed E-state index contributed by atoms with van der Waals surface area (Å²) in [5.41, 5.74) is 11.6. The van der Waals surface area contributed by atoms with Crippen LogP contribution in [-0.2, 0) is 36.8 Å². The Kier molecular flexibility index (Phi) is 9.92. The molecule has 36 heavy (non-hydrogen) atoms. The number of aromatic nitrogens is 2. The molecule has 0 fully saturated rings. The van der Waals surface area contributed by atoms with Crippen LogP contribution in [0.4, 0.5) is 0 Å². The predicted molar refractivity (Wildman–Crippen MR) is 125 cm³/mol. The van der Waals surface area contributed by atoms with Crippen LogP contribution >= 0.6 is 0 Å². The van der Waals surface area contributed by atoms with Gasteiger partial charge in [-0.3, -0.25) is 19.2 Å². The minimum Gasteiger partial charge on any atom is -0.508 e. The average Bonchev–Trinajstić information content (AvgIpc) is 3.32. The predicted octanol–water partition coefficient (Wildman–Crippen LogP) is -2.34. The number of phenolic OH excluding ortho intramolecular Hbond substituents is 1. The van der Waals surface area contributed by atoms with Gasteiger partial charge in [0.25, 0.3) is 0 Å². The van der Waals surface area contributed by atoms with Crippen LogP contribution in [0.15, 0.2) is 36.8 Å². The summed E-state index contributed by atoms with van der Waals surface area (Å²) in [6, 6.07) is 0.912. The number of carbonyl (C=O) groups excluding carboxylic acids is 4. The van der Waals surface area contributed by atoms with Gasteiger partial charge >= 0.3 is 5.97 Å². The van der Waals surface area contributed by atoms with Crippen LogP contribution in [0.2, 0.25) is 0 Å². The zero-order valence-electron chi connectivity index (χ0n) is 19.4. The van der Waals surface area contributed by atoms with Crippen LogP contribution in [0.1, 0.15) is 24.6 Å². The molecule has 0 saturated heterocycles. The molecule has 4 atom stereocenters.